The summed E-state index contributed by atoms with van der Waals surface area (Å²) < 4.78 is 42.3. The SMILES string of the molecule is Nc1ncnc2cc(C(=O)Nc3ccc(F)cc3OC(F)F)ccc12. The zero-order valence-corrected chi connectivity index (χ0v) is 12.5. The Morgan fingerprint density at radius 2 is 1.96 bits per heavy atom. The molecule has 6 nitrogen and oxygen atoms in total. The highest BCUT2D eigenvalue weighted by Crippen LogP contribution is 2.28. The van der Waals surface area contributed by atoms with E-state index < -0.39 is 24.1 Å². The number of aromatic nitrogens is 2. The van der Waals surface area contributed by atoms with E-state index in [0.29, 0.717) is 10.9 Å². The van der Waals surface area contributed by atoms with E-state index in [-0.39, 0.29) is 17.1 Å². The molecule has 0 spiro atoms. The molecule has 0 aliphatic carbocycles. The number of carbonyl (C=O) groups is 1. The van der Waals surface area contributed by atoms with Gasteiger partial charge in [0.25, 0.3) is 5.91 Å². The maximum atomic E-state index is 13.2. The third-order valence-electron chi connectivity index (χ3n) is 3.34. The number of carbonyl (C=O) groups excluding carboxylic acids is 1. The number of fused-ring (bicyclic) bond motifs is 1. The standard InChI is InChI=1S/C16H11F3N4O2/c17-9-2-4-11(13(6-9)25-16(18)19)23-15(24)8-1-3-10-12(5-8)21-7-22-14(10)20/h1-7,16H,(H,23,24)(H2,20,21,22). The van der Waals surface area contributed by atoms with Crippen molar-refractivity contribution in [1.29, 1.82) is 0 Å². The van der Waals surface area contributed by atoms with Crippen LogP contribution in [0.25, 0.3) is 10.9 Å². The number of ether oxygens (including phenoxy) is 1. The topological polar surface area (TPSA) is 90.1 Å². The van der Waals surface area contributed by atoms with Crippen LogP contribution in [0.15, 0.2) is 42.7 Å². The first-order chi connectivity index (χ1) is 11.9. The minimum atomic E-state index is -3.15. The number of halogens is 3. The van der Waals surface area contributed by atoms with Gasteiger partial charge in [-0.25, -0.2) is 14.4 Å². The van der Waals surface area contributed by atoms with Gasteiger partial charge in [-0.1, -0.05) is 0 Å². The van der Waals surface area contributed by atoms with Crippen LogP contribution < -0.4 is 15.8 Å². The van der Waals surface area contributed by atoms with Crippen LogP contribution in [0.2, 0.25) is 0 Å². The second-order valence-corrected chi connectivity index (χ2v) is 4.96. The van der Waals surface area contributed by atoms with Gasteiger partial charge in [0.1, 0.15) is 18.0 Å². The van der Waals surface area contributed by atoms with Gasteiger partial charge in [-0.2, -0.15) is 8.78 Å². The predicted molar refractivity (Wildman–Crippen MR) is 84.9 cm³/mol. The number of nitrogens with zero attached hydrogens (tertiary/aromatic N) is 2. The minimum absolute atomic E-state index is 0.0889. The molecule has 0 atom stereocenters. The number of alkyl halides is 2. The first kappa shape index (κ1) is 16.5. The average molecular weight is 348 g/mol. The van der Waals surface area contributed by atoms with Gasteiger partial charge in [0, 0.05) is 17.0 Å². The highest BCUT2D eigenvalue weighted by molar-refractivity contribution is 6.07. The van der Waals surface area contributed by atoms with Crippen LogP contribution in [-0.4, -0.2) is 22.5 Å². The number of hydrogen-bond donors (Lipinski definition) is 2. The van der Waals surface area contributed by atoms with Gasteiger partial charge < -0.3 is 15.8 Å². The lowest BCUT2D eigenvalue weighted by Gasteiger charge is -2.12. The molecule has 0 unspecified atom stereocenters. The molecule has 1 aromatic heterocycles. The summed E-state index contributed by atoms with van der Waals surface area (Å²) in [5.74, 6) is -1.59. The lowest BCUT2D eigenvalue weighted by molar-refractivity contribution is -0.0495. The second-order valence-electron chi connectivity index (χ2n) is 4.96. The molecule has 0 saturated heterocycles. The zero-order valence-electron chi connectivity index (χ0n) is 12.5. The van der Waals surface area contributed by atoms with Crippen molar-refractivity contribution in [3.8, 4) is 5.75 Å². The van der Waals surface area contributed by atoms with Crippen LogP contribution >= 0.6 is 0 Å². The fourth-order valence-corrected chi connectivity index (χ4v) is 2.21. The normalized spacial score (nSPS) is 10.9. The first-order valence-corrected chi connectivity index (χ1v) is 7.00. The minimum Gasteiger partial charge on any atom is -0.432 e. The molecule has 25 heavy (non-hydrogen) atoms. The lowest BCUT2D eigenvalue weighted by Crippen LogP contribution is -2.14. The molecule has 3 rings (SSSR count). The van der Waals surface area contributed by atoms with E-state index in [1.165, 1.54) is 18.5 Å². The van der Waals surface area contributed by atoms with Gasteiger partial charge >= 0.3 is 6.61 Å². The third-order valence-corrected chi connectivity index (χ3v) is 3.34. The van der Waals surface area contributed by atoms with Crippen molar-refractivity contribution < 1.29 is 22.7 Å². The molecule has 0 fully saturated rings. The summed E-state index contributed by atoms with van der Waals surface area (Å²) in [5, 5.41) is 2.97. The Labute approximate surface area is 139 Å². The molecule has 1 heterocycles. The van der Waals surface area contributed by atoms with E-state index in [1.54, 1.807) is 6.07 Å². The summed E-state index contributed by atoms with van der Waals surface area (Å²) in [7, 11) is 0. The number of nitrogens with two attached hydrogens (primary N) is 1. The highest BCUT2D eigenvalue weighted by atomic mass is 19.3. The number of benzene rings is 2. The number of anilines is 2. The fraction of sp³-hybridized carbons (Fsp3) is 0.0625. The molecule has 0 aliphatic rings. The quantitative estimate of drug-likeness (QED) is 0.756. The largest absolute Gasteiger partial charge is 0.432 e. The monoisotopic (exact) mass is 348 g/mol. The van der Waals surface area contributed by atoms with Crippen molar-refractivity contribution in [2.45, 2.75) is 6.61 Å². The summed E-state index contributed by atoms with van der Waals surface area (Å²) in [6, 6.07) is 7.43. The van der Waals surface area contributed by atoms with E-state index in [2.05, 4.69) is 20.0 Å². The van der Waals surface area contributed by atoms with Crippen molar-refractivity contribution in [3.63, 3.8) is 0 Å². The Balaban J connectivity index is 1.90. The van der Waals surface area contributed by atoms with Crippen LogP contribution in [0.3, 0.4) is 0 Å². The molecular formula is C16H11F3N4O2. The van der Waals surface area contributed by atoms with Gasteiger partial charge in [-0.15, -0.1) is 0 Å². The molecule has 0 saturated carbocycles. The maximum absolute atomic E-state index is 13.2. The van der Waals surface area contributed by atoms with E-state index in [0.717, 1.165) is 18.2 Å². The van der Waals surface area contributed by atoms with Gasteiger partial charge in [0.15, 0.2) is 5.75 Å². The van der Waals surface area contributed by atoms with Crippen molar-refractivity contribution in [1.82, 2.24) is 9.97 Å². The Morgan fingerprint density at radius 3 is 2.72 bits per heavy atom. The summed E-state index contributed by atoms with van der Waals surface area (Å²) >= 11 is 0. The number of nitrogens with one attached hydrogen (secondary N) is 1. The van der Waals surface area contributed by atoms with E-state index in [1.807, 2.05) is 0 Å². The Kier molecular flexibility index (Phi) is 4.38. The van der Waals surface area contributed by atoms with Crippen LogP contribution in [0, 0.1) is 5.82 Å². The van der Waals surface area contributed by atoms with Crippen molar-refractivity contribution in [3.05, 3.63) is 54.1 Å². The lowest BCUT2D eigenvalue weighted by atomic mass is 10.1. The third kappa shape index (κ3) is 3.60. The molecule has 3 aromatic rings. The molecule has 3 N–H and O–H groups in total. The molecule has 0 radical (unpaired) electrons. The van der Waals surface area contributed by atoms with Crippen LogP contribution in [0.4, 0.5) is 24.7 Å². The van der Waals surface area contributed by atoms with Gasteiger partial charge in [-0.05, 0) is 30.3 Å². The molecule has 0 aliphatic heterocycles. The van der Waals surface area contributed by atoms with Crippen LogP contribution in [-0.2, 0) is 0 Å². The summed E-state index contributed by atoms with van der Waals surface area (Å²) in [5.41, 5.74) is 6.28. The Morgan fingerprint density at radius 1 is 1.16 bits per heavy atom. The smallest absolute Gasteiger partial charge is 0.387 e. The van der Waals surface area contributed by atoms with Gasteiger partial charge in [0.05, 0.1) is 11.2 Å². The molecule has 1 amide bonds. The zero-order chi connectivity index (χ0) is 18.0. The Bertz CT molecular complexity index is 950. The van der Waals surface area contributed by atoms with Crippen molar-refractivity contribution in [2.24, 2.45) is 0 Å². The molecule has 2 aromatic carbocycles. The maximum Gasteiger partial charge on any atom is 0.387 e. The van der Waals surface area contributed by atoms with E-state index >= 15 is 0 Å². The highest BCUT2D eigenvalue weighted by Gasteiger charge is 2.15. The van der Waals surface area contributed by atoms with Crippen molar-refractivity contribution >= 4 is 28.3 Å². The molecule has 128 valence electrons. The number of nitrogen functional groups attached to an aromatic ring is 1. The number of hydrogen-bond acceptors (Lipinski definition) is 5. The number of amides is 1. The molecular weight excluding hydrogens is 337 g/mol. The van der Waals surface area contributed by atoms with Crippen molar-refractivity contribution in [2.75, 3.05) is 11.1 Å². The fourth-order valence-electron chi connectivity index (χ4n) is 2.21. The number of rotatable bonds is 4. The summed E-state index contributed by atoms with van der Waals surface area (Å²) in [4.78, 5) is 20.2. The molecule has 0 bridgehead atoms. The summed E-state index contributed by atoms with van der Waals surface area (Å²) in [6.45, 7) is -3.15. The molecule has 9 heteroatoms. The first-order valence-electron chi connectivity index (χ1n) is 7.00. The summed E-state index contributed by atoms with van der Waals surface area (Å²) in [6.07, 6.45) is 1.26. The predicted octanol–water partition coefficient (Wildman–Crippen LogP) is 3.20. The average Bonchev–Trinajstić information content (AvgIpc) is 2.56. The van der Waals surface area contributed by atoms with Crippen LogP contribution in [0.5, 0.6) is 5.75 Å². The van der Waals surface area contributed by atoms with Gasteiger partial charge in [-0.3, -0.25) is 4.79 Å². The van der Waals surface area contributed by atoms with Crippen LogP contribution in [0.1, 0.15) is 10.4 Å². The van der Waals surface area contributed by atoms with Gasteiger partial charge in [0.2, 0.25) is 0 Å². The second kappa shape index (κ2) is 6.63. The van der Waals surface area contributed by atoms with E-state index in [9.17, 15) is 18.0 Å². The van der Waals surface area contributed by atoms with E-state index in [4.69, 9.17) is 5.73 Å². The Hall–Kier alpha value is -3.36.